The van der Waals surface area contributed by atoms with Gasteiger partial charge in [-0.15, -0.1) is 0 Å². The molecule has 4 heteroatoms. The number of ether oxygens (including phenoxy) is 1. The summed E-state index contributed by atoms with van der Waals surface area (Å²) in [5.74, 6) is 0. The Bertz CT molecular complexity index is 459. The quantitative estimate of drug-likeness (QED) is 0.849. The molecule has 1 aromatic heterocycles. The minimum absolute atomic E-state index is 0.406. The zero-order chi connectivity index (χ0) is 11.9. The summed E-state index contributed by atoms with van der Waals surface area (Å²) in [5, 5.41) is 3.32. The van der Waals surface area contributed by atoms with E-state index in [-0.39, 0.29) is 0 Å². The van der Waals surface area contributed by atoms with Crippen molar-refractivity contribution in [2.24, 2.45) is 0 Å². The SMILES string of the molecule is COc1nccc(CNCc2ccccc2)n1. The van der Waals surface area contributed by atoms with E-state index >= 15 is 0 Å². The summed E-state index contributed by atoms with van der Waals surface area (Å²) >= 11 is 0. The number of aromatic nitrogens is 2. The number of benzene rings is 1. The van der Waals surface area contributed by atoms with Crippen molar-refractivity contribution in [1.29, 1.82) is 0 Å². The van der Waals surface area contributed by atoms with Gasteiger partial charge >= 0.3 is 6.01 Å². The van der Waals surface area contributed by atoms with Crippen molar-refractivity contribution in [3.05, 3.63) is 53.9 Å². The average Bonchev–Trinajstić information content (AvgIpc) is 2.40. The van der Waals surface area contributed by atoms with E-state index in [2.05, 4.69) is 27.4 Å². The lowest BCUT2D eigenvalue weighted by molar-refractivity contribution is 0.377. The van der Waals surface area contributed by atoms with Gasteiger partial charge in [0, 0.05) is 19.3 Å². The predicted octanol–water partition coefficient (Wildman–Crippen LogP) is 1.77. The van der Waals surface area contributed by atoms with Gasteiger partial charge in [0.15, 0.2) is 0 Å². The van der Waals surface area contributed by atoms with Crippen molar-refractivity contribution in [3.63, 3.8) is 0 Å². The third-order valence-electron chi connectivity index (χ3n) is 2.35. The number of nitrogens with one attached hydrogen (secondary N) is 1. The average molecular weight is 229 g/mol. The highest BCUT2D eigenvalue weighted by molar-refractivity contribution is 5.14. The molecule has 0 aliphatic rings. The number of hydrogen-bond acceptors (Lipinski definition) is 4. The molecule has 0 aliphatic carbocycles. The Morgan fingerprint density at radius 1 is 1.12 bits per heavy atom. The molecule has 1 aromatic carbocycles. The van der Waals surface area contributed by atoms with Crippen molar-refractivity contribution < 1.29 is 4.74 Å². The summed E-state index contributed by atoms with van der Waals surface area (Å²) in [7, 11) is 1.57. The summed E-state index contributed by atoms with van der Waals surface area (Å²) in [6.07, 6.45) is 1.70. The summed E-state index contributed by atoms with van der Waals surface area (Å²) in [5.41, 5.74) is 2.18. The van der Waals surface area contributed by atoms with Crippen LogP contribution in [0.4, 0.5) is 0 Å². The topological polar surface area (TPSA) is 47.0 Å². The first-order valence-electron chi connectivity index (χ1n) is 5.49. The molecule has 17 heavy (non-hydrogen) atoms. The molecule has 0 radical (unpaired) electrons. The molecule has 2 rings (SSSR count). The maximum atomic E-state index is 4.97. The Morgan fingerprint density at radius 3 is 2.71 bits per heavy atom. The second kappa shape index (κ2) is 5.96. The Morgan fingerprint density at radius 2 is 1.94 bits per heavy atom. The molecule has 0 fully saturated rings. The lowest BCUT2D eigenvalue weighted by Crippen LogP contribution is -2.13. The van der Waals surface area contributed by atoms with Crippen LogP contribution in [0.1, 0.15) is 11.3 Å². The molecule has 2 aromatic rings. The van der Waals surface area contributed by atoms with Crippen molar-refractivity contribution in [2.45, 2.75) is 13.1 Å². The molecule has 0 saturated heterocycles. The number of nitrogens with zero attached hydrogens (tertiary/aromatic N) is 2. The molecule has 0 aliphatic heterocycles. The molecule has 0 bridgehead atoms. The van der Waals surface area contributed by atoms with Crippen LogP contribution < -0.4 is 10.1 Å². The van der Waals surface area contributed by atoms with Crippen LogP contribution in [0.15, 0.2) is 42.6 Å². The van der Waals surface area contributed by atoms with Gasteiger partial charge in [0.1, 0.15) is 0 Å². The minimum Gasteiger partial charge on any atom is -0.467 e. The van der Waals surface area contributed by atoms with Gasteiger partial charge in [0.05, 0.1) is 12.8 Å². The van der Waals surface area contributed by atoms with E-state index in [9.17, 15) is 0 Å². The monoisotopic (exact) mass is 229 g/mol. The molecule has 0 atom stereocenters. The maximum absolute atomic E-state index is 4.97. The van der Waals surface area contributed by atoms with Gasteiger partial charge < -0.3 is 10.1 Å². The van der Waals surface area contributed by atoms with Crippen LogP contribution >= 0.6 is 0 Å². The van der Waals surface area contributed by atoms with Gasteiger partial charge in [-0.3, -0.25) is 0 Å². The van der Waals surface area contributed by atoms with Gasteiger partial charge in [-0.2, -0.15) is 4.98 Å². The van der Waals surface area contributed by atoms with Gasteiger partial charge in [0.25, 0.3) is 0 Å². The van der Waals surface area contributed by atoms with E-state index in [4.69, 9.17) is 4.74 Å². The Labute approximate surface area is 101 Å². The largest absolute Gasteiger partial charge is 0.467 e. The second-order valence-corrected chi connectivity index (χ2v) is 3.62. The van der Waals surface area contributed by atoms with Crippen LogP contribution in [0.2, 0.25) is 0 Å². The van der Waals surface area contributed by atoms with Gasteiger partial charge in [-0.25, -0.2) is 4.98 Å². The van der Waals surface area contributed by atoms with E-state index in [1.54, 1.807) is 13.3 Å². The molecule has 88 valence electrons. The standard InChI is InChI=1S/C13H15N3O/c1-17-13-15-8-7-12(16-13)10-14-9-11-5-3-2-4-6-11/h2-8,14H,9-10H2,1H3. The highest BCUT2D eigenvalue weighted by atomic mass is 16.5. The third kappa shape index (κ3) is 3.53. The van der Waals surface area contributed by atoms with Gasteiger partial charge in [-0.05, 0) is 11.6 Å². The van der Waals surface area contributed by atoms with Crippen LogP contribution in [0, 0.1) is 0 Å². The second-order valence-electron chi connectivity index (χ2n) is 3.62. The summed E-state index contributed by atoms with van der Waals surface area (Å²) < 4.78 is 4.97. The van der Waals surface area contributed by atoms with Crippen molar-refractivity contribution in [2.75, 3.05) is 7.11 Å². The first kappa shape index (κ1) is 11.5. The fourth-order valence-corrected chi connectivity index (χ4v) is 1.50. The summed E-state index contributed by atoms with van der Waals surface area (Å²) in [6, 6.07) is 12.5. The zero-order valence-electron chi connectivity index (χ0n) is 9.76. The smallest absolute Gasteiger partial charge is 0.316 e. The summed E-state index contributed by atoms with van der Waals surface area (Å²) in [6.45, 7) is 1.53. The molecule has 4 nitrogen and oxygen atoms in total. The van der Waals surface area contributed by atoms with Crippen LogP contribution in [0.5, 0.6) is 6.01 Å². The fraction of sp³-hybridized carbons (Fsp3) is 0.231. The van der Waals surface area contributed by atoms with Crippen LogP contribution in [-0.4, -0.2) is 17.1 Å². The predicted molar refractivity (Wildman–Crippen MR) is 65.6 cm³/mol. The first-order valence-corrected chi connectivity index (χ1v) is 5.49. The number of hydrogen-bond donors (Lipinski definition) is 1. The zero-order valence-corrected chi connectivity index (χ0v) is 9.76. The molecule has 0 amide bonds. The number of rotatable bonds is 5. The Hall–Kier alpha value is -1.94. The van der Waals surface area contributed by atoms with Crippen LogP contribution in [-0.2, 0) is 13.1 Å². The highest BCUT2D eigenvalue weighted by Crippen LogP contribution is 2.02. The molecular formula is C13H15N3O. The maximum Gasteiger partial charge on any atom is 0.316 e. The molecule has 1 heterocycles. The normalized spacial score (nSPS) is 10.2. The van der Waals surface area contributed by atoms with Gasteiger partial charge in [-0.1, -0.05) is 30.3 Å². The van der Waals surface area contributed by atoms with E-state index < -0.39 is 0 Å². The Kier molecular flexibility index (Phi) is 4.05. The van der Waals surface area contributed by atoms with Crippen molar-refractivity contribution >= 4 is 0 Å². The van der Waals surface area contributed by atoms with E-state index in [1.807, 2.05) is 24.3 Å². The van der Waals surface area contributed by atoms with Gasteiger partial charge in [0.2, 0.25) is 0 Å². The molecule has 0 unspecified atom stereocenters. The van der Waals surface area contributed by atoms with E-state index in [0.29, 0.717) is 12.6 Å². The van der Waals surface area contributed by atoms with E-state index in [1.165, 1.54) is 5.56 Å². The van der Waals surface area contributed by atoms with Crippen LogP contribution in [0.3, 0.4) is 0 Å². The summed E-state index contributed by atoms with van der Waals surface area (Å²) in [4.78, 5) is 8.19. The Balaban J connectivity index is 1.86. The molecule has 1 N–H and O–H groups in total. The molecular weight excluding hydrogens is 214 g/mol. The van der Waals surface area contributed by atoms with Crippen molar-refractivity contribution in [3.8, 4) is 6.01 Å². The first-order chi connectivity index (χ1) is 8.38. The molecule has 0 spiro atoms. The van der Waals surface area contributed by atoms with E-state index in [0.717, 1.165) is 12.2 Å². The minimum atomic E-state index is 0.406. The third-order valence-corrected chi connectivity index (χ3v) is 2.35. The lowest BCUT2D eigenvalue weighted by Gasteiger charge is -2.05. The highest BCUT2D eigenvalue weighted by Gasteiger charge is 1.98. The molecule has 0 saturated carbocycles. The van der Waals surface area contributed by atoms with Crippen LogP contribution in [0.25, 0.3) is 0 Å². The number of methoxy groups -OCH3 is 1. The fourth-order valence-electron chi connectivity index (χ4n) is 1.50. The lowest BCUT2D eigenvalue weighted by atomic mass is 10.2. The van der Waals surface area contributed by atoms with Crippen molar-refractivity contribution in [1.82, 2.24) is 15.3 Å².